The molecule has 0 aliphatic carbocycles. The molecular weight excluding hydrogens is 307 g/mol. The molecule has 0 aromatic carbocycles. The van der Waals surface area contributed by atoms with Crippen LogP contribution in [0.25, 0.3) is 0 Å². The molecule has 2 aromatic rings. The summed E-state index contributed by atoms with van der Waals surface area (Å²) in [6, 6.07) is 0. The van der Waals surface area contributed by atoms with Crippen LogP contribution in [0.1, 0.15) is 28.6 Å². The summed E-state index contributed by atoms with van der Waals surface area (Å²) in [6.07, 6.45) is 0.365. The Kier molecular flexibility index (Phi) is 3.68. The predicted octanol–water partition coefficient (Wildman–Crippen LogP) is 4.00. The van der Waals surface area contributed by atoms with Crippen LogP contribution in [0.3, 0.4) is 0 Å². The van der Waals surface area contributed by atoms with E-state index in [-0.39, 0.29) is 0 Å². The maximum Gasteiger partial charge on any atom is 0.427 e. The van der Waals surface area contributed by atoms with Gasteiger partial charge in [-0.2, -0.15) is 13.2 Å². The number of rotatable bonds is 2. The second kappa shape index (κ2) is 5.33. The number of anilines is 1. The highest BCUT2D eigenvalue weighted by Crippen LogP contribution is 2.38. The maximum absolute atomic E-state index is 12.6. The Morgan fingerprint density at radius 1 is 1.30 bits per heavy atom. The zero-order chi connectivity index (χ0) is 14.2. The fourth-order valence-electron chi connectivity index (χ4n) is 2.33. The van der Waals surface area contributed by atoms with Crippen LogP contribution in [0, 0.1) is 0 Å². The van der Waals surface area contributed by atoms with E-state index in [1.165, 1.54) is 0 Å². The molecular formula is C12H12F3N3S2. The van der Waals surface area contributed by atoms with Crippen molar-refractivity contribution in [2.45, 2.75) is 24.9 Å². The molecule has 1 saturated heterocycles. The van der Waals surface area contributed by atoms with Crippen molar-refractivity contribution in [2.75, 3.05) is 18.0 Å². The first kappa shape index (κ1) is 13.8. The molecule has 1 unspecified atom stereocenters. The minimum Gasteiger partial charge on any atom is -0.347 e. The van der Waals surface area contributed by atoms with Gasteiger partial charge >= 0.3 is 6.18 Å². The average molecular weight is 319 g/mol. The van der Waals surface area contributed by atoms with Gasteiger partial charge in [-0.1, -0.05) is 11.3 Å². The Hall–Kier alpha value is -1.15. The molecule has 0 N–H and O–H groups in total. The number of nitrogens with zero attached hydrogens (tertiary/aromatic N) is 3. The van der Waals surface area contributed by atoms with Crippen LogP contribution >= 0.6 is 22.7 Å². The monoisotopic (exact) mass is 319 g/mol. The van der Waals surface area contributed by atoms with E-state index in [4.69, 9.17) is 0 Å². The number of halogens is 3. The third-order valence-corrected chi connectivity index (χ3v) is 5.31. The predicted molar refractivity (Wildman–Crippen MR) is 73.4 cm³/mol. The lowest BCUT2D eigenvalue weighted by Crippen LogP contribution is -2.34. The van der Waals surface area contributed by atoms with Gasteiger partial charge in [-0.15, -0.1) is 11.3 Å². The molecule has 0 radical (unpaired) electrons. The summed E-state index contributed by atoms with van der Waals surface area (Å²) in [5.41, 5.74) is 0. The van der Waals surface area contributed by atoms with Crippen molar-refractivity contribution < 1.29 is 13.2 Å². The highest BCUT2D eigenvalue weighted by atomic mass is 32.1. The van der Waals surface area contributed by atoms with Gasteiger partial charge in [0.25, 0.3) is 0 Å². The summed E-state index contributed by atoms with van der Waals surface area (Å²) in [5, 5.41) is 3.44. The molecule has 8 heteroatoms. The topological polar surface area (TPSA) is 29.0 Å². The van der Waals surface area contributed by atoms with Gasteiger partial charge in [0.1, 0.15) is 4.88 Å². The van der Waals surface area contributed by atoms with Crippen LogP contribution in [-0.4, -0.2) is 23.1 Å². The smallest absolute Gasteiger partial charge is 0.347 e. The van der Waals surface area contributed by atoms with E-state index in [1.807, 2.05) is 10.3 Å². The third kappa shape index (κ3) is 2.80. The summed E-state index contributed by atoms with van der Waals surface area (Å²) in [6.45, 7) is 1.45. The van der Waals surface area contributed by atoms with Crippen molar-refractivity contribution in [2.24, 2.45) is 0 Å². The number of piperidine rings is 1. The molecule has 1 aliphatic rings. The molecule has 2 aromatic heterocycles. The van der Waals surface area contributed by atoms with Crippen molar-refractivity contribution in [3.05, 3.63) is 27.7 Å². The molecule has 1 atom stereocenters. The summed E-state index contributed by atoms with van der Waals surface area (Å²) in [7, 11) is 0. The van der Waals surface area contributed by atoms with Gasteiger partial charge in [0.15, 0.2) is 5.13 Å². The Morgan fingerprint density at radius 3 is 2.80 bits per heavy atom. The number of hydrogen-bond acceptors (Lipinski definition) is 5. The van der Waals surface area contributed by atoms with Crippen LogP contribution in [0.15, 0.2) is 17.8 Å². The molecule has 0 saturated carbocycles. The zero-order valence-corrected chi connectivity index (χ0v) is 12.1. The lowest BCUT2D eigenvalue weighted by Gasteiger charge is -2.31. The fourth-order valence-corrected chi connectivity index (χ4v) is 3.92. The molecule has 0 bridgehead atoms. The molecule has 0 spiro atoms. The van der Waals surface area contributed by atoms with Crippen molar-refractivity contribution in [3.8, 4) is 0 Å². The van der Waals surface area contributed by atoms with E-state index in [9.17, 15) is 13.2 Å². The number of alkyl halides is 3. The molecule has 1 fully saturated rings. The van der Waals surface area contributed by atoms with Gasteiger partial charge in [-0.25, -0.2) is 9.97 Å². The Bertz CT molecular complexity index is 565. The van der Waals surface area contributed by atoms with Gasteiger partial charge in [-0.3, -0.25) is 0 Å². The van der Waals surface area contributed by atoms with Crippen LogP contribution in [0.5, 0.6) is 0 Å². The van der Waals surface area contributed by atoms with Crippen LogP contribution in [0.2, 0.25) is 0 Å². The zero-order valence-electron chi connectivity index (χ0n) is 10.4. The van der Waals surface area contributed by atoms with Crippen LogP contribution in [0.4, 0.5) is 18.3 Å². The van der Waals surface area contributed by atoms with Crippen LogP contribution < -0.4 is 4.90 Å². The second-order valence-electron chi connectivity index (χ2n) is 4.66. The standard InChI is InChI=1S/C12H12F3N3S2/c13-12(14,15)9-6-17-11(20-9)18-4-1-2-8(7-18)10-16-3-5-19-10/h3,5-6,8H,1-2,4,7H2. The van der Waals surface area contributed by atoms with E-state index < -0.39 is 11.1 Å². The van der Waals surface area contributed by atoms with E-state index in [1.54, 1.807) is 17.5 Å². The Balaban J connectivity index is 1.75. The quantitative estimate of drug-likeness (QED) is 0.838. The molecule has 3 rings (SSSR count). The number of hydrogen-bond donors (Lipinski definition) is 0. The minimum absolute atomic E-state index is 0.294. The molecule has 3 nitrogen and oxygen atoms in total. The fraction of sp³-hybridized carbons (Fsp3) is 0.500. The lowest BCUT2D eigenvalue weighted by molar-refractivity contribution is -0.134. The summed E-state index contributed by atoms with van der Waals surface area (Å²) >= 11 is 2.32. The van der Waals surface area contributed by atoms with E-state index in [0.717, 1.165) is 41.9 Å². The van der Waals surface area contributed by atoms with E-state index >= 15 is 0 Å². The SMILES string of the molecule is FC(F)(F)c1cnc(N2CCCC(c3nccs3)C2)s1. The number of aromatic nitrogens is 2. The Morgan fingerprint density at radius 2 is 2.15 bits per heavy atom. The largest absolute Gasteiger partial charge is 0.427 e. The Labute approximate surface area is 122 Å². The van der Waals surface area contributed by atoms with Gasteiger partial charge in [0.2, 0.25) is 0 Å². The first-order chi connectivity index (χ1) is 9.54. The van der Waals surface area contributed by atoms with Gasteiger partial charge in [-0.05, 0) is 12.8 Å². The molecule has 1 aliphatic heterocycles. The number of thiazole rings is 2. The first-order valence-electron chi connectivity index (χ1n) is 6.21. The van der Waals surface area contributed by atoms with Crippen molar-refractivity contribution in [1.82, 2.24) is 9.97 Å². The van der Waals surface area contributed by atoms with Crippen molar-refractivity contribution >= 4 is 27.8 Å². The second-order valence-corrected chi connectivity index (χ2v) is 6.60. The third-order valence-electron chi connectivity index (χ3n) is 3.27. The normalized spacial score (nSPS) is 20.4. The summed E-state index contributed by atoms with van der Waals surface area (Å²) < 4.78 is 37.8. The first-order valence-corrected chi connectivity index (χ1v) is 7.91. The lowest BCUT2D eigenvalue weighted by atomic mass is 9.99. The van der Waals surface area contributed by atoms with Gasteiger partial charge in [0.05, 0.1) is 11.2 Å². The van der Waals surface area contributed by atoms with Crippen molar-refractivity contribution in [1.29, 1.82) is 0 Å². The highest BCUT2D eigenvalue weighted by molar-refractivity contribution is 7.15. The average Bonchev–Trinajstić information content (AvgIpc) is 3.10. The van der Waals surface area contributed by atoms with Gasteiger partial charge < -0.3 is 4.90 Å². The van der Waals surface area contributed by atoms with E-state index in [2.05, 4.69) is 9.97 Å². The van der Waals surface area contributed by atoms with Crippen LogP contribution in [-0.2, 0) is 6.18 Å². The summed E-state index contributed by atoms with van der Waals surface area (Å²) in [4.78, 5) is 9.54. The highest BCUT2D eigenvalue weighted by Gasteiger charge is 2.34. The molecule has 0 amide bonds. The minimum atomic E-state index is -4.31. The van der Waals surface area contributed by atoms with Gasteiger partial charge in [0, 0.05) is 30.6 Å². The van der Waals surface area contributed by atoms with E-state index in [0.29, 0.717) is 17.6 Å². The molecule has 3 heterocycles. The molecule has 20 heavy (non-hydrogen) atoms. The summed E-state index contributed by atoms with van der Waals surface area (Å²) in [5.74, 6) is 0.294. The van der Waals surface area contributed by atoms with Crippen molar-refractivity contribution in [3.63, 3.8) is 0 Å². The maximum atomic E-state index is 12.6. The molecule has 108 valence electrons.